The van der Waals surface area contributed by atoms with Crippen LogP contribution in [0.4, 0.5) is 0 Å². The van der Waals surface area contributed by atoms with Gasteiger partial charge < -0.3 is 0 Å². The first-order chi connectivity index (χ1) is 6.42. The van der Waals surface area contributed by atoms with Crippen LogP contribution in [0, 0.1) is 0 Å². The number of rotatable bonds is 2. The fourth-order valence-electron chi connectivity index (χ4n) is 2.92. The van der Waals surface area contributed by atoms with E-state index in [2.05, 4.69) is 19.1 Å². The first kappa shape index (κ1) is 9.71. The van der Waals surface area contributed by atoms with Gasteiger partial charge in [-0.15, -0.1) is 0 Å². The van der Waals surface area contributed by atoms with Gasteiger partial charge in [0.05, 0.1) is 0 Å². The van der Waals surface area contributed by atoms with E-state index in [-0.39, 0.29) is 0 Å². The zero-order valence-electron chi connectivity index (χ0n) is 8.71. The highest BCUT2D eigenvalue weighted by molar-refractivity contribution is 7.59. The molecule has 2 atom stereocenters. The summed E-state index contributed by atoms with van der Waals surface area (Å²) in [6.45, 7) is 2.16. The summed E-state index contributed by atoms with van der Waals surface area (Å²) in [5, 5.41) is 0. The van der Waals surface area contributed by atoms with Crippen LogP contribution in [0.2, 0.25) is 0 Å². The van der Waals surface area contributed by atoms with Crippen LogP contribution < -0.4 is 0 Å². The van der Waals surface area contributed by atoms with Gasteiger partial charge in [0.1, 0.15) is 0 Å². The molecular weight excluding hydrogens is 175 g/mol. The van der Waals surface area contributed by atoms with Crippen molar-refractivity contribution in [1.82, 2.24) is 0 Å². The van der Waals surface area contributed by atoms with Crippen LogP contribution in [0.25, 0.3) is 0 Å². The van der Waals surface area contributed by atoms with Crippen LogP contribution >= 0.6 is 7.92 Å². The average Bonchev–Trinajstić information content (AvgIpc) is 2.36. The summed E-state index contributed by atoms with van der Waals surface area (Å²) in [7, 11) is 0.398. The SMILES string of the molecule is C/C=C/CP1C2CCCCC1CC2. The molecule has 2 rings (SSSR count). The fraction of sp³-hybridized carbons (Fsp3) is 0.833. The maximum atomic E-state index is 2.42. The summed E-state index contributed by atoms with van der Waals surface area (Å²) in [5.74, 6) is 0. The molecule has 2 bridgehead atoms. The molecule has 0 N–H and O–H groups in total. The molecule has 2 aliphatic rings. The highest BCUT2D eigenvalue weighted by Gasteiger charge is 2.35. The zero-order chi connectivity index (χ0) is 9.10. The maximum absolute atomic E-state index is 2.42. The van der Waals surface area contributed by atoms with E-state index in [0.717, 1.165) is 11.3 Å². The summed E-state index contributed by atoms with van der Waals surface area (Å²) in [6.07, 6.45) is 15.4. The fourth-order valence-corrected chi connectivity index (χ4v) is 6.56. The van der Waals surface area contributed by atoms with Gasteiger partial charge in [-0.3, -0.25) is 0 Å². The van der Waals surface area contributed by atoms with E-state index >= 15 is 0 Å². The highest BCUT2D eigenvalue weighted by atomic mass is 31.1. The lowest BCUT2D eigenvalue weighted by Gasteiger charge is -2.21. The van der Waals surface area contributed by atoms with Crippen molar-refractivity contribution in [3.05, 3.63) is 12.2 Å². The summed E-state index contributed by atoms with van der Waals surface area (Å²) in [5.41, 5.74) is 2.30. The largest absolute Gasteiger partial charge is 0.0965 e. The third kappa shape index (κ3) is 2.15. The molecular formula is C12H21P. The van der Waals surface area contributed by atoms with Crippen molar-refractivity contribution in [2.24, 2.45) is 0 Å². The lowest BCUT2D eigenvalue weighted by molar-refractivity contribution is 0.556. The lowest BCUT2D eigenvalue weighted by atomic mass is 10.0. The van der Waals surface area contributed by atoms with E-state index in [1.165, 1.54) is 19.0 Å². The Kier molecular flexibility index (Phi) is 3.44. The normalized spacial score (nSPS) is 39.6. The first-order valence-corrected chi connectivity index (χ1v) is 7.45. The van der Waals surface area contributed by atoms with Crippen molar-refractivity contribution < 1.29 is 0 Å². The van der Waals surface area contributed by atoms with E-state index in [1.807, 2.05) is 0 Å². The molecule has 74 valence electrons. The molecule has 0 aliphatic carbocycles. The number of fused-ring (bicyclic) bond motifs is 2. The van der Waals surface area contributed by atoms with Crippen LogP contribution in [-0.4, -0.2) is 17.5 Å². The Balaban J connectivity index is 1.99. The van der Waals surface area contributed by atoms with E-state index in [1.54, 1.807) is 25.7 Å². The molecule has 0 aromatic heterocycles. The van der Waals surface area contributed by atoms with Crippen molar-refractivity contribution in [3.8, 4) is 0 Å². The average molecular weight is 196 g/mol. The van der Waals surface area contributed by atoms with Crippen molar-refractivity contribution in [3.63, 3.8) is 0 Å². The van der Waals surface area contributed by atoms with Gasteiger partial charge in [-0.05, 0) is 50.1 Å². The molecule has 0 aromatic rings. The predicted octanol–water partition coefficient (Wildman–Crippen LogP) is 4.15. The van der Waals surface area contributed by atoms with E-state index < -0.39 is 0 Å². The summed E-state index contributed by atoms with van der Waals surface area (Å²) < 4.78 is 0. The summed E-state index contributed by atoms with van der Waals surface area (Å²) >= 11 is 0. The topological polar surface area (TPSA) is 0 Å². The minimum atomic E-state index is 0.398. The molecule has 0 aromatic carbocycles. The Bertz CT molecular complexity index is 172. The van der Waals surface area contributed by atoms with Crippen molar-refractivity contribution in [2.75, 3.05) is 6.16 Å². The van der Waals surface area contributed by atoms with Crippen LogP contribution in [0.1, 0.15) is 45.4 Å². The van der Waals surface area contributed by atoms with Gasteiger partial charge in [-0.2, -0.15) is 0 Å². The number of hydrogen-bond acceptors (Lipinski definition) is 0. The molecule has 2 saturated heterocycles. The van der Waals surface area contributed by atoms with Gasteiger partial charge in [-0.1, -0.05) is 32.9 Å². The third-order valence-electron chi connectivity index (χ3n) is 3.65. The Morgan fingerprint density at radius 1 is 1.08 bits per heavy atom. The van der Waals surface area contributed by atoms with Gasteiger partial charge in [0.25, 0.3) is 0 Å². The Morgan fingerprint density at radius 2 is 1.69 bits per heavy atom. The van der Waals surface area contributed by atoms with Gasteiger partial charge >= 0.3 is 0 Å². The Morgan fingerprint density at radius 3 is 2.23 bits per heavy atom. The van der Waals surface area contributed by atoms with E-state index in [0.29, 0.717) is 7.92 Å². The van der Waals surface area contributed by atoms with Gasteiger partial charge in [0.2, 0.25) is 0 Å². The minimum Gasteiger partial charge on any atom is -0.0965 e. The van der Waals surface area contributed by atoms with Crippen LogP contribution in [-0.2, 0) is 0 Å². The smallest absolute Gasteiger partial charge is 0.0140 e. The Hall–Kier alpha value is 0.170. The number of allylic oxidation sites excluding steroid dienone is 2. The second kappa shape index (κ2) is 4.60. The molecule has 0 saturated carbocycles. The molecule has 0 spiro atoms. The molecule has 2 fully saturated rings. The first-order valence-electron chi connectivity index (χ1n) is 5.78. The molecule has 0 nitrogen and oxygen atoms in total. The molecule has 13 heavy (non-hydrogen) atoms. The summed E-state index contributed by atoms with van der Waals surface area (Å²) in [6, 6.07) is 0. The van der Waals surface area contributed by atoms with E-state index in [9.17, 15) is 0 Å². The monoisotopic (exact) mass is 196 g/mol. The molecule has 1 heteroatoms. The minimum absolute atomic E-state index is 0.398. The predicted molar refractivity (Wildman–Crippen MR) is 61.9 cm³/mol. The summed E-state index contributed by atoms with van der Waals surface area (Å²) in [4.78, 5) is 0. The van der Waals surface area contributed by atoms with Gasteiger partial charge in [0.15, 0.2) is 0 Å². The van der Waals surface area contributed by atoms with Gasteiger partial charge in [0, 0.05) is 0 Å². The van der Waals surface area contributed by atoms with Gasteiger partial charge in [-0.25, -0.2) is 0 Å². The Labute approximate surface area is 83.6 Å². The molecule has 0 amide bonds. The second-order valence-electron chi connectivity index (χ2n) is 4.44. The van der Waals surface area contributed by atoms with Crippen LogP contribution in [0.15, 0.2) is 12.2 Å². The number of hydrogen-bond donors (Lipinski definition) is 0. The standard InChI is InChI=1S/C12H21P/c1-2-3-10-13-11-6-4-5-7-12(13)9-8-11/h2-3,11-12H,4-10H2,1H3/b3-2+. The van der Waals surface area contributed by atoms with Crippen LogP contribution in [0.5, 0.6) is 0 Å². The van der Waals surface area contributed by atoms with Crippen LogP contribution in [0.3, 0.4) is 0 Å². The lowest BCUT2D eigenvalue weighted by Crippen LogP contribution is -2.02. The zero-order valence-corrected chi connectivity index (χ0v) is 9.60. The highest BCUT2D eigenvalue weighted by Crippen LogP contribution is 2.60. The second-order valence-corrected chi connectivity index (χ2v) is 7.29. The third-order valence-corrected chi connectivity index (χ3v) is 7.19. The molecule has 2 heterocycles. The maximum Gasteiger partial charge on any atom is -0.0140 e. The van der Waals surface area contributed by atoms with Crippen molar-refractivity contribution in [1.29, 1.82) is 0 Å². The molecule has 0 radical (unpaired) electrons. The molecule has 2 unspecified atom stereocenters. The molecule has 2 aliphatic heterocycles. The van der Waals surface area contributed by atoms with Crippen molar-refractivity contribution >= 4 is 7.92 Å². The quantitative estimate of drug-likeness (QED) is 0.459. The van der Waals surface area contributed by atoms with Crippen molar-refractivity contribution in [2.45, 2.75) is 56.8 Å². The van der Waals surface area contributed by atoms with E-state index in [4.69, 9.17) is 0 Å².